The van der Waals surface area contributed by atoms with Crippen molar-refractivity contribution < 1.29 is 0 Å². The molecule has 0 aromatic carbocycles. The van der Waals surface area contributed by atoms with Gasteiger partial charge in [-0.3, -0.25) is 4.68 Å². The van der Waals surface area contributed by atoms with Gasteiger partial charge in [0.15, 0.2) is 0 Å². The van der Waals surface area contributed by atoms with Gasteiger partial charge in [-0.05, 0) is 26.3 Å². The molecule has 0 fully saturated rings. The Labute approximate surface area is 123 Å². The molecule has 20 heavy (non-hydrogen) atoms. The Balaban J connectivity index is 2.17. The molecule has 6 heteroatoms. The molecule has 0 unspecified atom stereocenters. The van der Waals surface area contributed by atoms with Crippen LogP contribution in [0.1, 0.15) is 31.9 Å². The Kier molecular flexibility index (Phi) is 3.09. The Morgan fingerprint density at radius 1 is 1.45 bits per heavy atom. The molecular formula is C14H18ClN5. The summed E-state index contributed by atoms with van der Waals surface area (Å²) in [6, 6.07) is 0.261. The molecule has 1 aliphatic rings. The first kappa shape index (κ1) is 13.2. The minimum absolute atomic E-state index is 0.261. The Morgan fingerprint density at radius 2 is 2.20 bits per heavy atom. The zero-order valence-electron chi connectivity index (χ0n) is 11.9. The number of hydrogen-bond acceptors (Lipinski definition) is 3. The molecule has 0 bridgehead atoms. The second-order valence-electron chi connectivity index (χ2n) is 5.43. The van der Waals surface area contributed by atoms with Crippen molar-refractivity contribution in [3.8, 4) is 11.4 Å². The standard InChI is InChI=1S/C14H18ClN5/c1-8(2)20-13(9(3)7-16-20)12-11(15)14-17-10(4)5-6-19(14)18-12/h7-8,17H,4-6H2,1-3H3. The minimum atomic E-state index is 0.261. The van der Waals surface area contributed by atoms with Crippen LogP contribution in [0.15, 0.2) is 18.5 Å². The fourth-order valence-corrected chi connectivity index (χ4v) is 2.75. The molecule has 3 rings (SSSR count). The van der Waals surface area contributed by atoms with E-state index in [1.165, 1.54) is 0 Å². The highest BCUT2D eigenvalue weighted by Crippen LogP contribution is 2.38. The van der Waals surface area contributed by atoms with Crippen molar-refractivity contribution in [1.82, 2.24) is 19.6 Å². The average Bonchev–Trinajstić information content (AvgIpc) is 2.91. The number of nitrogens with zero attached hydrogens (tertiary/aromatic N) is 4. The number of anilines is 1. The van der Waals surface area contributed by atoms with E-state index in [-0.39, 0.29) is 6.04 Å². The van der Waals surface area contributed by atoms with Crippen LogP contribution in [0, 0.1) is 6.92 Å². The number of nitrogens with one attached hydrogen (secondary N) is 1. The van der Waals surface area contributed by atoms with Crippen molar-refractivity contribution in [2.24, 2.45) is 0 Å². The van der Waals surface area contributed by atoms with E-state index in [2.05, 4.69) is 35.9 Å². The number of aromatic nitrogens is 4. The third-order valence-corrected chi connectivity index (χ3v) is 3.87. The lowest BCUT2D eigenvalue weighted by atomic mass is 10.2. The zero-order chi connectivity index (χ0) is 14.4. The van der Waals surface area contributed by atoms with Gasteiger partial charge in [-0.2, -0.15) is 10.2 Å². The van der Waals surface area contributed by atoms with E-state index >= 15 is 0 Å². The summed E-state index contributed by atoms with van der Waals surface area (Å²) < 4.78 is 3.87. The normalized spacial score (nSPS) is 14.6. The van der Waals surface area contributed by atoms with Crippen LogP contribution in [0.25, 0.3) is 11.4 Å². The summed E-state index contributed by atoms with van der Waals surface area (Å²) in [5.74, 6) is 0.828. The van der Waals surface area contributed by atoms with Crippen molar-refractivity contribution in [2.45, 2.75) is 39.8 Å². The van der Waals surface area contributed by atoms with Gasteiger partial charge < -0.3 is 5.32 Å². The Bertz CT molecular complexity index is 680. The van der Waals surface area contributed by atoms with Crippen molar-refractivity contribution >= 4 is 17.4 Å². The highest BCUT2D eigenvalue weighted by atomic mass is 35.5. The molecule has 0 radical (unpaired) electrons. The minimum Gasteiger partial charge on any atom is -0.343 e. The zero-order valence-corrected chi connectivity index (χ0v) is 12.7. The maximum Gasteiger partial charge on any atom is 0.148 e. The van der Waals surface area contributed by atoms with Crippen molar-refractivity contribution in [3.63, 3.8) is 0 Å². The molecule has 0 atom stereocenters. The van der Waals surface area contributed by atoms with Gasteiger partial charge in [0.1, 0.15) is 16.5 Å². The average molecular weight is 292 g/mol. The second kappa shape index (κ2) is 4.66. The van der Waals surface area contributed by atoms with Gasteiger partial charge in [0.2, 0.25) is 0 Å². The van der Waals surface area contributed by atoms with Crippen molar-refractivity contribution in [1.29, 1.82) is 0 Å². The first-order valence-corrected chi connectivity index (χ1v) is 7.12. The van der Waals surface area contributed by atoms with Gasteiger partial charge in [0.05, 0.1) is 11.9 Å². The lowest BCUT2D eigenvalue weighted by Crippen LogP contribution is -2.15. The fourth-order valence-electron chi connectivity index (χ4n) is 2.48. The smallest absolute Gasteiger partial charge is 0.148 e. The van der Waals surface area contributed by atoms with Gasteiger partial charge in [-0.15, -0.1) is 0 Å². The highest BCUT2D eigenvalue weighted by molar-refractivity contribution is 6.35. The fraction of sp³-hybridized carbons (Fsp3) is 0.429. The lowest BCUT2D eigenvalue weighted by molar-refractivity contribution is 0.535. The predicted molar refractivity (Wildman–Crippen MR) is 81.0 cm³/mol. The van der Waals surface area contributed by atoms with Gasteiger partial charge in [-0.1, -0.05) is 18.2 Å². The third kappa shape index (κ3) is 1.93. The number of rotatable bonds is 2. The maximum absolute atomic E-state index is 6.52. The molecule has 2 aromatic rings. The topological polar surface area (TPSA) is 47.7 Å². The number of fused-ring (bicyclic) bond motifs is 1. The number of halogens is 1. The summed E-state index contributed by atoms with van der Waals surface area (Å²) in [7, 11) is 0. The molecule has 0 spiro atoms. The number of aryl methyl sites for hydroxylation is 2. The molecule has 0 amide bonds. The summed E-state index contributed by atoms with van der Waals surface area (Å²) in [5, 5.41) is 12.9. The highest BCUT2D eigenvalue weighted by Gasteiger charge is 2.25. The Hall–Kier alpha value is -1.75. The van der Waals surface area contributed by atoms with E-state index < -0.39 is 0 Å². The molecule has 0 saturated heterocycles. The van der Waals surface area contributed by atoms with Crippen LogP contribution in [0.2, 0.25) is 5.02 Å². The quantitative estimate of drug-likeness (QED) is 0.919. The van der Waals surface area contributed by atoms with E-state index in [1.807, 2.05) is 22.5 Å². The van der Waals surface area contributed by atoms with E-state index in [0.717, 1.165) is 41.4 Å². The molecule has 2 aromatic heterocycles. The number of allylic oxidation sites excluding steroid dienone is 1. The summed E-state index contributed by atoms with van der Waals surface area (Å²) in [5.41, 5.74) is 3.82. The van der Waals surface area contributed by atoms with Gasteiger partial charge in [0, 0.05) is 24.7 Å². The third-order valence-electron chi connectivity index (χ3n) is 3.51. The second-order valence-corrected chi connectivity index (χ2v) is 5.81. The molecule has 3 heterocycles. The van der Waals surface area contributed by atoms with Crippen molar-refractivity contribution in [3.05, 3.63) is 29.1 Å². The van der Waals surface area contributed by atoms with Gasteiger partial charge in [-0.25, -0.2) is 4.68 Å². The maximum atomic E-state index is 6.52. The molecule has 106 valence electrons. The molecule has 5 nitrogen and oxygen atoms in total. The Morgan fingerprint density at radius 3 is 2.90 bits per heavy atom. The van der Waals surface area contributed by atoms with Crippen LogP contribution < -0.4 is 5.32 Å². The summed E-state index contributed by atoms with van der Waals surface area (Å²) in [4.78, 5) is 0. The molecule has 0 saturated carbocycles. The SMILES string of the molecule is C=C1CCn2nc(-c3c(C)cnn3C(C)C)c(Cl)c2N1. The van der Waals surface area contributed by atoms with E-state index in [9.17, 15) is 0 Å². The monoisotopic (exact) mass is 291 g/mol. The van der Waals surface area contributed by atoms with Crippen LogP contribution in [0.5, 0.6) is 0 Å². The molecule has 1 aliphatic heterocycles. The van der Waals surface area contributed by atoms with Crippen LogP contribution >= 0.6 is 11.6 Å². The van der Waals surface area contributed by atoms with Crippen LogP contribution in [0.4, 0.5) is 5.82 Å². The largest absolute Gasteiger partial charge is 0.343 e. The number of hydrogen-bond donors (Lipinski definition) is 1. The van der Waals surface area contributed by atoms with E-state index in [0.29, 0.717) is 5.02 Å². The first-order chi connectivity index (χ1) is 9.49. The summed E-state index contributed by atoms with van der Waals surface area (Å²) in [6.45, 7) is 11.0. The van der Waals surface area contributed by atoms with Gasteiger partial charge in [0.25, 0.3) is 0 Å². The molecule has 1 N–H and O–H groups in total. The van der Waals surface area contributed by atoms with Crippen LogP contribution in [-0.2, 0) is 6.54 Å². The van der Waals surface area contributed by atoms with Crippen LogP contribution in [-0.4, -0.2) is 19.6 Å². The molecular weight excluding hydrogens is 274 g/mol. The predicted octanol–water partition coefficient (Wildman–Crippen LogP) is 3.62. The van der Waals surface area contributed by atoms with Crippen molar-refractivity contribution in [2.75, 3.05) is 5.32 Å². The van der Waals surface area contributed by atoms with E-state index in [1.54, 1.807) is 0 Å². The lowest BCUT2D eigenvalue weighted by Gasteiger charge is -2.17. The summed E-state index contributed by atoms with van der Waals surface area (Å²) >= 11 is 6.52. The van der Waals surface area contributed by atoms with Gasteiger partial charge >= 0.3 is 0 Å². The summed E-state index contributed by atoms with van der Waals surface area (Å²) in [6.07, 6.45) is 2.73. The van der Waals surface area contributed by atoms with E-state index in [4.69, 9.17) is 11.6 Å². The first-order valence-electron chi connectivity index (χ1n) is 6.74. The van der Waals surface area contributed by atoms with Crippen LogP contribution in [0.3, 0.4) is 0 Å². The molecule has 0 aliphatic carbocycles.